The lowest BCUT2D eigenvalue weighted by molar-refractivity contribution is -0.139. The molecule has 0 spiro atoms. The number of amides is 5. The summed E-state index contributed by atoms with van der Waals surface area (Å²) in [6.07, 6.45) is 0.595. The van der Waals surface area contributed by atoms with Crippen molar-refractivity contribution < 1.29 is 38.6 Å². The van der Waals surface area contributed by atoms with Crippen molar-refractivity contribution in [2.75, 3.05) is 27.4 Å². The second kappa shape index (κ2) is 8.82. The molecule has 0 bridgehead atoms. The van der Waals surface area contributed by atoms with Gasteiger partial charge in [0.2, 0.25) is 11.8 Å². The molecule has 12 heteroatoms. The molecule has 37 heavy (non-hydrogen) atoms. The van der Waals surface area contributed by atoms with Crippen LogP contribution in [0.3, 0.4) is 0 Å². The highest BCUT2D eigenvalue weighted by molar-refractivity contribution is 6.53. The average molecular weight is 551 g/mol. The largest absolute Gasteiger partial charge is 0.491 e. The molecule has 4 aliphatic rings. The topological polar surface area (TPSA) is 131 Å². The molecule has 3 fully saturated rings. The van der Waals surface area contributed by atoms with Crippen molar-refractivity contribution in [2.45, 2.75) is 28.5 Å². The van der Waals surface area contributed by atoms with Crippen LogP contribution < -0.4 is 4.74 Å². The third-order valence-electron chi connectivity index (χ3n) is 7.95. The molecule has 6 atom stereocenters. The first-order valence-electron chi connectivity index (χ1n) is 11.7. The number of methoxy groups -OCH3 is 1. The predicted octanol–water partition coefficient (Wildman–Crippen LogP) is 1.81. The number of hydrogen-bond donors (Lipinski definition) is 1. The van der Waals surface area contributed by atoms with Gasteiger partial charge in [0, 0.05) is 18.5 Å². The number of allylic oxidation sites excluding steroid dienone is 2. The second-order valence-corrected chi connectivity index (χ2v) is 10.8. The highest BCUT2D eigenvalue weighted by atomic mass is 35.5. The number of carbonyl (C=O) groups excluding carboxylic acids is 5. The molecule has 2 saturated heterocycles. The smallest absolute Gasteiger partial charge is 0.423 e. The standard InChI is InChI=1S/C25H24Cl2N2O8/c1-28-21(33)24(26)11-15-12(7-8-14-17(15)20(32)29(19(14)31)23(35)36-2)18(25(24,27)22(28)34)13-5-3-4-6-16(13)37-10-9-30/h3-7,14-15,17-18,30H,8-11H2,1-2H3. The Morgan fingerprint density at radius 2 is 1.81 bits per heavy atom. The van der Waals surface area contributed by atoms with Gasteiger partial charge in [-0.3, -0.25) is 24.1 Å². The Balaban J connectivity index is 1.71. The number of fused-ring (bicyclic) bond motifs is 4. The minimum atomic E-state index is -1.96. The third-order valence-corrected chi connectivity index (χ3v) is 9.36. The van der Waals surface area contributed by atoms with Crippen LogP contribution in [-0.2, 0) is 23.9 Å². The van der Waals surface area contributed by atoms with Crippen molar-refractivity contribution >= 4 is 52.9 Å². The van der Waals surface area contributed by atoms with Gasteiger partial charge in [0.15, 0.2) is 9.75 Å². The number of imide groups is 4. The van der Waals surface area contributed by atoms with E-state index in [-0.39, 0.29) is 26.1 Å². The maximum atomic E-state index is 13.6. The van der Waals surface area contributed by atoms with Crippen LogP contribution in [0.15, 0.2) is 35.9 Å². The van der Waals surface area contributed by atoms with Crippen LogP contribution in [0, 0.1) is 17.8 Å². The van der Waals surface area contributed by atoms with E-state index >= 15 is 0 Å². The van der Waals surface area contributed by atoms with E-state index in [0.717, 1.165) is 12.0 Å². The van der Waals surface area contributed by atoms with Crippen molar-refractivity contribution in [2.24, 2.45) is 17.8 Å². The fraction of sp³-hybridized carbons (Fsp3) is 0.480. The van der Waals surface area contributed by atoms with Gasteiger partial charge < -0.3 is 14.6 Å². The summed E-state index contributed by atoms with van der Waals surface area (Å²) >= 11 is 14.2. The van der Waals surface area contributed by atoms with E-state index in [9.17, 15) is 29.1 Å². The van der Waals surface area contributed by atoms with Gasteiger partial charge in [-0.25, -0.2) is 4.79 Å². The molecule has 2 aliphatic carbocycles. The van der Waals surface area contributed by atoms with E-state index in [1.165, 1.54) is 7.05 Å². The van der Waals surface area contributed by atoms with Gasteiger partial charge in [0.05, 0.1) is 25.6 Å². The SMILES string of the molecule is COC(=O)N1C(=O)C2CC=C3C(CC4(Cl)C(=O)N(C)C(=O)C4(Cl)C3c3ccccc3OCCO)C2C1=O. The predicted molar refractivity (Wildman–Crippen MR) is 129 cm³/mol. The van der Waals surface area contributed by atoms with Gasteiger partial charge in [-0.2, -0.15) is 4.90 Å². The van der Waals surface area contributed by atoms with Crippen LogP contribution in [0.25, 0.3) is 0 Å². The van der Waals surface area contributed by atoms with E-state index < -0.39 is 63.1 Å². The Morgan fingerprint density at radius 1 is 1.11 bits per heavy atom. The molecule has 5 amide bonds. The van der Waals surface area contributed by atoms with Crippen molar-refractivity contribution in [3.05, 3.63) is 41.5 Å². The third kappa shape index (κ3) is 3.25. The molecular formula is C25H24Cl2N2O8. The van der Waals surface area contributed by atoms with Crippen molar-refractivity contribution in [3.8, 4) is 5.75 Å². The van der Waals surface area contributed by atoms with E-state index in [2.05, 4.69) is 4.74 Å². The number of nitrogens with zero attached hydrogens (tertiary/aromatic N) is 2. The number of benzene rings is 1. The molecule has 6 unspecified atom stereocenters. The number of aliphatic hydroxyl groups is 1. The molecule has 2 aliphatic heterocycles. The summed E-state index contributed by atoms with van der Waals surface area (Å²) in [6.45, 7) is -0.300. The first-order chi connectivity index (χ1) is 17.5. The summed E-state index contributed by atoms with van der Waals surface area (Å²) in [7, 11) is 2.37. The number of halogens is 2. The fourth-order valence-corrected chi connectivity index (χ4v) is 7.38. The number of carbonyl (C=O) groups is 5. The number of rotatable bonds is 4. The van der Waals surface area contributed by atoms with Crippen molar-refractivity contribution in [1.82, 2.24) is 9.80 Å². The Bertz CT molecular complexity index is 1270. The summed E-state index contributed by atoms with van der Waals surface area (Å²) in [4.78, 5) is 63.2. The molecule has 1 aromatic carbocycles. The van der Waals surface area contributed by atoms with E-state index in [4.69, 9.17) is 27.9 Å². The van der Waals surface area contributed by atoms with Crippen molar-refractivity contribution in [1.29, 1.82) is 0 Å². The number of hydrogen-bond acceptors (Lipinski definition) is 8. The van der Waals surface area contributed by atoms with E-state index in [1.807, 2.05) is 0 Å². The lowest BCUT2D eigenvalue weighted by Gasteiger charge is -2.51. The number of ether oxygens (including phenoxy) is 2. The summed E-state index contributed by atoms with van der Waals surface area (Å²) < 4.78 is 10.4. The van der Waals surface area contributed by atoms with Gasteiger partial charge in [-0.05, 0) is 24.8 Å². The highest BCUT2D eigenvalue weighted by Crippen LogP contribution is 2.66. The van der Waals surface area contributed by atoms with Gasteiger partial charge in [-0.15, -0.1) is 23.2 Å². The molecule has 2 heterocycles. The zero-order chi connectivity index (χ0) is 26.9. The summed E-state index contributed by atoms with van der Waals surface area (Å²) in [5.74, 6) is -6.13. The molecule has 5 rings (SSSR count). The Hall–Kier alpha value is -2.95. The molecule has 10 nitrogen and oxygen atoms in total. The molecule has 1 saturated carbocycles. The van der Waals surface area contributed by atoms with Gasteiger partial charge in [-0.1, -0.05) is 29.8 Å². The minimum absolute atomic E-state index is 0.0356. The summed E-state index contributed by atoms with van der Waals surface area (Å²) in [5.41, 5.74) is 1.01. The van der Waals surface area contributed by atoms with Crippen molar-refractivity contribution in [3.63, 3.8) is 0 Å². The molecule has 1 aromatic rings. The molecular weight excluding hydrogens is 527 g/mol. The quantitative estimate of drug-likeness (QED) is 0.341. The lowest BCUT2D eigenvalue weighted by atomic mass is 9.56. The molecule has 0 aromatic heterocycles. The highest BCUT2D eigenvalue weighted by Gasteiger charge is 2.76. The molecule has 0 radical (unpaired) electrons. The van der Waals surface area contributed by atoms with E-state index in [1.54, 1.807) is 30.3 Å². The Labute approximate surface area is 222 Å². The number of para-hydroxylation sites is 1. The molecule has 1 N–H and O–H groups in total. The maximum absolute atomic E-state index is 13.6. The van der Waals surface area contributed by atoms with Crippen LogP contribution in [-0.4, -0.2) is 81.7 Å². The fourth-order valence-electron chi connectivity index (χ4n) is 6.37. The summed E-state index contributed by atoms with van der Waals surface area (Å²) in [6, 6.07) is 6.75. The number of aliphatic hydroxyl groups excluding tert-OH is 1. The first-order valence-corrected chi connectivity index (χ1v) is 12.5. The molecule has 196 valence electrons. The zero-order valence-electron chi connectivity index (χ0n) is 20.0. The number of likely N-dealkylation sites (tertiary alicyclic amines) is 2. The average Bonchev–Trinajstić information content (AvgIpc) is 3.22. The van der Waals surface area contributed by atoms with Crippen LogP contribution >= 0.6 is 23.2 Å². The summed E-state index contributed by atoms with van der Waals surface area (Å²) in [5, 5.41) is 9.32. The van der Waals surface area contributed by atoms with Crippen LogP contribution in [0.1, 0.15) is 24.3 Å². The van der Waals surface area contributed by atoms with Gasteiger partial charge in [0.1, 0.15) is 12.4 Å². The van der Waals surface area contributed by atoms with Gasteiger partial charge in [0.25, 0.3) is 11.8 Å². The Morgan fingerprint density at radius 3 is 2.49 bits per heavy atom. The monoisotopic (exact) mass is 550 g/mol. The number of alkyl halides is 2. The first kappa shape index (κ1) is 25.7. The normalized spacial score (nSPS) is 34.7. The van der Waals surface area contributed by atoms with Crippen LogP contribution in [0.5, 0.6) is 5.75 Å². The minimum Gasteiger partial charge on any atom is -0.491 e. The Kier molecular flexibility index (Phi) is 6.12. The van der Waals surface area contributed by atoms with E-state index in [0.29, 0.717) is 21.8 Å². The maximum Gasteiger partial charge on any atom is 0.423 e. The van der Waals surface area contributed by atoms with Crippen LogP contribution in [0.2, 0.25) is 0 Å². The zero-order valence-corrected chi connectivity index (χ0v) is 21.5. The van der Waals surface area contributed by atoms with Crippen LogP contribution in [0.4, 0.5) is 4.79 Å². The van der Waals surface area contributed by atoms with Gasteiger partial charge >= 0.3 is 6.09 Å². The lowest BCUT2D eigenvalue weighted by Crippen LogP contribution is -2.60. The second-order valence-electron chi connectivity index (χ2n) is 9.59.